The summed E-state index contributed by atoms with van der Waals surface area (Å²) in [6.07, 6.45) is 3.28. The van der Waals surface area contributed by atoms with Crippen LogP contribution >= 0.6 is 11.3 Å². The van der Waals surface area contributed by atoms with E-state index in [9.17, 15) is 5.11 Å². The normalized spacial score (nSPS) is 28.5. The van der Waals surface area contributed by atoms with E-state index in [-0.39, 0.29) is 6.04 Å². The lowest BCUT2D eigenvalue weighted by Gasteiger charge is -2.48. The van der Waals surface area contributed by atoms with Gasteiger partial charge in [0.05, 0.1) is 17.2 Å². The van der Waals surface area contributed by atoms with Crippen molar-refractivity contribution < 1.29 is 5.11 Å². The van der Waals surface area contributed by atoms with Crippen molar-refractivity contribution >= 4 is 11.3 Å². The molecule has 25 heavy (non-hydrogen) atoms. The van der Waals surface area contributed by atoms with E-state index in [1.807, 2.05) is 23.7 Å². The highest BCUT2D eigenvalue weighted by molar-refractivity contribution is 7.09. The molecule has 0 amide bonds. The number of thiazole rings is 1. The Labute approximate surface area is 154 Å². The zero-order valence-electron chi connectivity index (χ0n) is 14.9. The molecule has 1 aromatic carbocycles. The number of piperidine rings is 1. The lowest BCUT2D eigenvalue weighted by Crippen LogP contribution is -2.60. The first-order chi connectivity index (χ1) is 12.2. The van der Waals surface area contributed by atoms with Crippen LogP contribution in [0.15, 0.2) is 35.8 Å². The predicted octanol–water partition coefficient (Wildman–Crippen LogP) is 3.01. The van der Waals surface area contributed by atoms with Gasteiger partial charge in [0, 0.05) is 24.5 Å². The van der Waals surface area contributed by atoms with Gasteiger partial charge in [-0.1, -0.05) is 30.3 Å². The van der Waals surface area contributed by atoms with Gasteiger partial charge < -0.3 is 5.11 Å². The van der Waals surface area contributed by atoms with Gasteiger partial charge in [0.15, 0.2) is 0 Å². The minimum Gasteiger partial charge on any atom is -0.383 e. The lowest BCUT2D eigenvalue weighted by atomic mass is 9.79. The largest absolute Gasteiger partial charge is 0.383 e. The van der Waals surface area contributed by atoms with Crippen molar-refractivity contribution in [3.63, 3.8) is 0 Å². The Kier molecular flexibility index (Phi) is 4.91. The highest BCUT2D eigenvalue weighted by atomic mass is 32.1. The van der Waals surface area contributed by atoms with Crippen LogP contribution in [0.5, 0.6) is 0 Å². The van der Waals surface area contributed by atoms with Crippen LogP contribution in [0.1, 0.15) is 35.4 Å². The molecule has 2 unspecified atom stereocenters. The summed E-state index contributed by atoms with van der Waals surface area (Å²) >= 11 is 1.74. The highest BCUT2D eigenvalue weighted by Crippen LogP contribution is 2.37. The Balaban J connectivity index is 1.58. The summed E-state index contributed by atoms with van der Waals surface area (Å²) < 4.78 is 0. The SMILES string of the molecule is Cc1ncsc1CN1CCC(O)(c2ccccc2)C(N2CCCC2)C1. The fourth-order valence-corrected chi connectivity index (χ4v) is 5.16. The van der Waals surface area contributed by atoms with Crippen LogP contribution in [-0.2, 0) is 12.1 Å². The number of aromatic nitrogens is 1. The zero-order chi connectivity index (χ0) is 17.3. The molecule has 1 N–H and O–H groups in total. The first-order valence-electron chi connectivity index (χ1n) is 9.30. The van der Waals surface area contributed by atoms with Crippen LogP contribution in [0.25, 0.3) is 0 Å². The van der Waals surface area contributed by atoms with Crippen molar-refractivity contribution in [2.75, 3.05) is 26.2 Å². The van der Waals surface area contributed by atoms with E-state index in [0.29, 0.717) is 0 Å². The predicted molar refractivity (Wildman–Crippen MR) is 102 cm³/mol. The second-order valence-electron chi connectivity index (χ2n) is 7.40. The minimum absolute atomic E-state index is 0.166. The molecular formula is C20H27N3OS. The van der Waals surface area contributed by atoms with Crippen molar-refractivity contribution in [2.24, 2.45) is 0 Å². The molecule has 0 aliphatic carbocycles. The maximum absolute atomic E-state index is 11.7. The molecule has 2 fully saturated rings. The zero-order valence-corrected chi connectivity index (χ0v) is 15.7. The number of aryl methyl sites for hydroxylation is 1. The number of hydrogen-bond acceptors (Lipinski definition) is 5. The minimum atomic E-state index is -0.745. The molecule has 0 bridgehead atoms. The number of nitrogens with zero attached hydrogens (tertiary/aromatic N) is 3. The van der Waals surface area contributed by atoms with Crippen LogP contribution in [0.4, 0.5) is 0 Å². The van der Waals surface area contributed by atoms with Gasteiger partial charge >= 0.3 is 0 Å². The molecule has 0 radical (unpaired) electrons. The standard InChI is InChI=1S/C20H27N3OS/c1-16-18(25-15-21-16)13-22-12-9-20(24,17-7-3-2-4-8-17)19(14-22)23-10-5-6-11-23/h2-4,7-8,15,19,24H,5-6,9-14H2,1H3. The first kappa shape index (κ1) is 17.2. The van der Waals surface area contributed by atoms with Crippen molar-refractivity contribution in [2.45, 2.75) is 44.4 Å². The molecule has 5 heteroatoms. The average molecular weight is 358 g/mol. The summed E-state index contributed by atoms with van der Waals surface area (Å²) in [6.45, 7) is 7.09. The van der Waals surface area contributed by atoms with Crippen LogP contribution in [0.3, 0.4) is 0 Å². The van der Waals surface area contributed by atoms with Crippen LogP contribution in [0.2, 0.25) is 0 Å². The van der Waals surface area contributed by atoms with E-state index in [0.717, 1.165) is 50.4 Å². The number of benzene rings is 1. The maximum Gasteiger partial charge on any atom is 0.108 e. The monoisotopic (exact) mass is 357 g/mol. The average Bonchev–Trinajstić information content (AvgIpc) is 3.30. The van der Waals surface area contributed by atoms with Crippen molar-refractivity contribution in [1.82, 2.24) is 14.8 Å². The van der Waals surface area contributed by atoms with Crippen LogP contribution < -0.4 is 0 Å². The van der Waals surface area contributed by atoms with E-state index >= 15 is 0 Å². The van der Waals surface area contributed by atoms with Crippen LogP contribution in [0, 0.1) is 6.92 Å². The number of rotatable bonds is 4. The highest BCUT2D eigenvalue weighted by Gasteiger charge is 2.46. The molecule has 1 aromatic heterocycles. The van der Waals surface area contributed by atoms with Gasteiger partial charge in [-0.05, 0) is 44.8 Å². The Morgan fingerprint density at radius 3 is 2.64 bits per heavy atom. The maximum atomic E-state index is 11.7. The van der Waals surface area contributed by atoms with E-state index < -0.39 is 5.60 Å². The molecule has 0 spiro atoms. The number of aliphatic hydroxyl groups is 1. The van der Waals surface area contributed by atoms with Crippen molar-refractivity contribution in [1.29, 1.82) is 0 Å². The van der Waals surface area contributed by atoms with Gasteiger partial charge in [-0.2, -0.15) is 0 Å². The lowest BCUT2D eigenvalue weighted by molar-refractivity contribution is -0.0958. The summed E-state index contributed by atoms with van der Waals surface area (Å²) in [5, 5.41) is 11.7. The molecule has 3 heterocycles. The fourth-order valence-electron chi connectivity index (χ4n) is 4.34. The van der Waals surface area contributed by atoms with Crippen molar-refractivity contribution in [3.05, 3.63) is 52.0 Å². The Bertz CT molecular complexity index is 698. The van der Waals surface area contributed by atoms with E-state index in [4.69, 9.17) is 0 Å². The Morgan fingerprint density at radius 1 is 1.20 bits per heavy atom. The molecule has 0 saturated carbocycles. The van der Waals surface area contributed by atoms with Gasteiger partial charge in [-0.15, -0.1) is 11.3 Å². The quantitative estimate of drug-likeness (QED) is 0.913. The Morgan fingerprint density at radius 2 is 1.96 bits per heavy atom. The first-order valence-corrected chi connectivity index (χ1v) is 10.2. The van der Waals surface area contributed by atoms with Gasteiger partial charge in [-0.25, -0.2) is 4.98 Å². The second kappa shape index (κ2) is 7.16. The third kappa shape index (κ3) is 3.38. The van der Waals surface area contributed by atoms with E-state index in [1.165, 1.54) is 17.7 Å². The third-order valence-corrected chi connectivity index (χ3v) is 6.78. The van der Waals surface area contributed by atoms with Gasteiger partial charge in [0.2, 0.25) is 0 Å². The molecule has 2 aromatic rings. The molecule has 134 valence electrons. The van der Waals surface area contributed by atoms with Gasteiger partial charge in [0.1, 0.15) is 5.60 Å². The summed E-state index contributed by atoms with van der Waals surface area (Å²) in [5.41, 5.74) is 3.41. The van der Waals surface area contributed by atoms with Gasteiger partial charge in [0.25, 0.3) is 0 Å². The van der Waals surface area contributed by atoms with Crippen molar-refractivity contribution in [3.8, 4) is 0 Å². The topological polar surface area (TPSA) is 39.6 Å². The number of likely N-dealkylation sites (tertiary alicyclic amines) is 2. The summed E-state index contributed by atoms with van der Waals surface area (Å²) in [6, 6.07) is 10.5. The molecule has 4 nitrogen and oxygen atoms in total. The third-order valence-electron chi connectivity index (χ3n) is 5.86. The second-order valence-corrected chi connectivity index (χ2v) is 8.33. The van der Waals surface area contributed by atoms with E-state index in [2.05, 4.69) is 33.8 Å². The summed E-state index contributed by atoms with van der Waals surface area (Å²) in [5.74, 6) is 0. The molecule has 2 aliphatic rings. The van der Waals surface area contributed by atoms with Gasteiger partial charge in [-0.3, -0.25) is 9.80 Å². The molecular weight excluding hydrogens is 330 g/mol. The fraction of sp³-hybridized carbons (Fsp3) is 0.550. The smallest absolute Gasteiger partial charge is 0.108 e. The molecule has 2 saturated heterocycles. The van der Waals surface area contributed by atoms with E-state index in [1.54, 1.807) is 11.3 Å². The Hall–Kier alpha value is -1.27. The molecule has 4 rings (SSSR count). The summed E-state index contributed by atoms with van der Waals surface area (Å²) in [7, 11) is 0. The van der Waals surface area contributed by atoms with Crippen LogP contribution in [-0.4, -0.2) is 52.1 Å². The number of hydrogen-bond donors (Lipinski definition) is 1. The molecule has 2 atom stereocenters. The summed E-state index contributed by atoms with van der Waals surface area (Å²) in [4.78, 5) is 10.8. The molecule has 2 aliphatic heterocycles.